The van der Waals surface area contributed by atoms with Crippen molar-refractivity contribution in [3.8, 4) is 11.5 Å². The van der Waals surface area contributed by atoms with Gasteiger partial charge in [-0.25, -0.2) is 9.79 Å². The summed E-state index contributed by atoms with van der Waals surface area (Å²) in [6, 6.07) is 25.5. The third-order valence-electron chi connectivity index (χ3n) is 8.28. The van der Waals surface area contributed by atoms with Gasteiger partial charge in [0.15, 0.2) is 16.3 Å². The summed E-state index contributed by atoms with van der Waals surface area (Å²) < 4.78 is 20.1. The molecular weight excluding hydrogens is 621 g/mol. The number of nitrogens with zero attached hydrogens (tertiary/aromatic N) is 2. The molecule has 8 heteroatoms. The fourth-order valence-corrected chi connectivity index (χ4v) is 7.12. The third-order valence-corrected chi connectivity index (χ3v) is 9.26. The Morgan fingerprint density at radius 3 is 2.48 bits per heavy atom. The normalized spacial score (nSPS) is 14.4. The molecule has 4 aromatic carbocycles. The van der Waals surface area contributed by atoms with Crippen LogP contribution in [0.4, 0.5) is 0 Å². The molecule has 0 saturated heterocycles. The predicted octanol–water partition coefficient (Wildman–Crippen LogP) is 6.97. The van der Waals surface area contributed by atoms with Crippen LogP contribution in [0, 0.1) is 6.92 Å². The number of fused-ring (bicyclic) bond motifs is 2. The second-order valence-electron chi connectivity index (χ2n) is 11.6. The Balaban J connectivity index is 1.44. The van der Waals surface area contributed by atoms with Gasteiger partial charge in [0, 0.05) is 5.56 Å². The Labute approximate surface area is 283 Å². The van der Waals surface area contributed by atoms with Crippen LogP contribution in [-0.4, -0.2) is 23.8 Å². The quantitative estimate of drug-likeness (QED) is 0.113. The molecule has 0 aliphatic carbocycles. The molecule has 0 amide bonds. The smallest absolute Gasteiger partial charge is 0.338 e. The van der Waals surface area contributed by atoms with Gasteiger partial charge in [0.2, 0.25) is 0 Å². The molecule has 244 valence electrons. The van der Waals surface area contributed by atoms with E-state index in [0.29, 0.717) is 51.7 Å². The van der Waals surface area contributed by atoms with Crippen molar-refractivity contribution < 1.29 is 19.0 Å². The van der Waals surface area contributed by atoms with E-state index in [1.54, 1.807) is 18.4 Å². The fraction of sp³-hybridized carbons (Fsp3) is 0.225. The minimum atomic E-state index is -0.664. The molecule has 0 spiro atoms. The number of aryl methyl sites for hydroxylation is 1. The van der Waals surface area contributed by atoms with Crippen LogP contribution in [0.5, 0.6) is 11.5 Å². The van der Waals surface area contributed by atoms with Crippen LogP contribution in [0.1, 0.15) is 54.6 Å². The lowest BCUT2D eigenvalue weighted by atomic mass is 9.95. The van der Waals surface area contributed by atoms with Crippen molar-refractivity contribution in [2.45, 2.75) is 46.8 Å². The van der Waals surface area contributed by atoms with Gasteiger partial charge in [0.1, 0.15) is 6.61 Å². The molecule has 1 atom stereocenters. The van der Waals surface area contributed by atoms with E-state index in [1.165, 1.54) is 11.3 Å². The Bertz CT molecular complexity index is 2220. The summed E-state index contributed by atoms with van der Waals surface area (Å²) in [6.07, 6.45) is 4.22. The Hall–Kier alpha value is -5.21. The van der Waals surface area contributed by atoms with E-state index < -0.39 is 12.0 Å². The van der Waals surface area contributed by atoms with Gasteiger partial charge in [0.05, 0.1) is 35.1 Å². The van der Waals surface area contributed by atoms with Crippen LogP contribution in [0.3, 0.4) is 0 Å². The van der Waals surface area contributed by atoms with Crippen molar-refractivity contribution in [1.29, 1.82) is 0 Å². The number of rotatable bonds is 11. The standard InChI is InChI=1S/C40H38N2O5S/c1-6-12-30-21-27(22-33(45-7-2)37(30)47-24-31-15-11-14-28-13-9-10-16-32(28)31)23-34-38(43)42-36(29-19-17-25(4)18-20-29)35(39(44)46-8-3)26(5)41-40(42)48-34/h6,9-11,13-23,36H,1,7-8,12,24H2,2-5H3/b34-23+/t36-/m0/s1. The van der Waals surface area contributed by atoms with E-state index in [4.69, 9.17) is 19.2 Å². The SMILES string of the molecule is C=CCc1cc(/C=c2/sc3n(c2=O)[C@@H](c2ccc(C)cc2)C(C(=O)OCC)=C(C)N=3)cc(OCC)c1OCc1cccc2ccccc12. The van der Waals surface area contributed by atoms with E-state index in [2.05, 4.69) is 30.8 Å². The molecule has 1 aliphatic heterocycles. The highest BCUT2D eigenvalue weighted by atomic mass is 32.1. The zero-order valence-corrected chi connectivity index (χ0v) is 28.4. The zero-order chi connectivity index (χ0) is 33.8. The van der Waals surface area contributed by atoms with E-state index in [0.717, 1.165) is 38.6 Å². The molecule has 0 radical (unpaired) electrons. The summed E-state index contributed by atoms with van der Waals surface area (Å²) in [5.41, 5.74) is 5.30. The maximum atomic E-state index is 14.2. The summed E-state index contributed by atoms with van der Waals surface area (Å²) in [5.74, 6) is 0.763. The summed E-state index contributed by atoms with van der Waals surface area (Å²) in [6.45, 7) is 12.5. The van der Waals surface area contributed by atoms with Gasteiger partial charge < -0.3 is 14.2 Å². The van der Waals surface area contributed by atoms with Crippen LogP contribution >= 0.6 is 11.3 Å². The number of carbonyl (C=O) groups is 1. The van der Waals surface area contributed by atoms with Crippen molar-refractivity contribution in [1.82, 2.24) is 4.57 Å². The van der Waals surface area contributed by atoms with Gasteiger partial charge >= 0.3 is 5.97 Å². The lowest BCUT2D eigenvalue weighted by Crippen LogP contribution is -2.39. The largest absolute Gasteiger partial charge is 0.490 e. The number of aromatic nitrogens is 1. The monoisotopic (exact) mass is 658 g/mol. The number of carbonyl (C=O) groups excluding carboxylic acids is 1. The molecule has 1 aromatic heterocycles. The third kappa shape index (κ3) is 6.49. The zero-order valence-electron chi connectivity index (χ0n) is 27.6. The molecule has 0 fully saturated rings. The summed E-state index contributed by atoms with van der Waals surface area (Å²) in [5, 5.41) is 2.29. The van der Waals surface area contributed by atoms with Gasteiger partial charge in [-0.3, -0.25) is 9.36 Å². The number of thiazole rings is 1. The van der Waals surface area contributed by atoms with Crippen LogP contribution in [-0.2, 0) is 22.6 Å². The molecule has 0 bridgehead atoms. The van der Waals surface area contributed by atoms with E-state index in [9.17, 15) is 9.59 Å². The van der Waals surface area contributed by atoms with Crippen LogP contribution in [0.15, 0.2) is 113 Å². The maximum absolute atomic E-state index is 14.2. The molecule has 5 aromatic rings. The number of allylic oxidation sites excluding steroid dienone is 2. The van der Waals surface area contributed by atoms with Crippen molar-refractivity contribution in [3.05, 3.63) is 150 Å². The van der Waals surface area contributed by atoms with E-state index in [1.807, 2.05) is 80.6 Å². The summed E-state index contributed by atoms with van der Waals surface area (Å²) >= 11 is 1.29. The van der Waals surface area contributed by atoms with Crippen LogP contribution in [0.25, 0.3) is 16.8 Å². The first-order valence-electron chi connectivity index (χ1n) is 16.1. The summed E-state index contributed by atoms with van der Waals surface area (Å²) in [7, 11) is 0. The molecule has 2 heterocycles. The minimum absolute atomic E-state index is 0.220. The van der Waals surface area contributed by atoms with Crippen molar-refractivity contribution in [2.24, 2.45) is 4.99 Å². The van der Waals surface area contributed by atoms with Gasteiger partial charge in [-0.15, -0.1) is 6.58 Å². The molecular formula is C40H38N2O5S. The first kappa shape index (κ1) is 32.7. The van der Waals surface area contributed by atoms with Gasteiger partial charge in [0.25, 0.3) is 5.56 Å². The maximum Gasteiger partial charge on any atom is 0.338 e. The number of esters is 1. The first-order valence-corrected chi connectivity index (χ1v) is 16.9. The average Bonchev–Trinajstić information content (AvgIpc) is 3.38. The van der Waals surface area contributed by atoms with Crippen molar-refractivity contribution >= 4 is 34.2 Å². The second-order valence-corrected chi connectivity index (χ2v) is 12.6. The van der Waals surface area contributed by atoms with Gasteiger partial charge in [-0.05, 0) is 79.8 Å². The predicted molar refractivity (Wildman–Crippen MR) is 191 cm³/mol. The van der Waals surface area contributed by atoms with E-state index >= 15 is 0 Å². The second kappa shape index (κ2) is 14.3. The molecule has 0 saturated carbocycles. The van der Waals surface area contributed by atoms with Gasteiger partial charge in [-0.2, -0.15) is 0 Å². The first-order chi connectivity index (χ1) is 23.3. The fourth-order valence-electron chi connectivity index (χ4n) is 6.08. The number of benzene rings is 4. The van der Waals surface area contributed by atoms with Crippen molar-refractivity contribution in [2.75, 3.05) is 13.2 Å². The highest BCUT2D eigenvalue weighted by molar-refractivity contribution is 7.07. The number of ether oxygens (including phenoxy) is 3. The Kier molecular flexibility index (Phi) is 9.73. The van der Waals surface area contributed by atoms with Gasteiger partial charge in [-0.1, -0.05) is 89.7 Å². The lowest BCUT2D eigenvalue weighted by molar-refractivity contribution is -0.139. The number of hydrogen-bond acceptors (Lipinski definition) is 7. The average molecular weight is 659 g/mol. The van der Waals surface area contributed by atoms with Crippen LogP contribution in [0.2, 0.25) is 0 Å². The minimum Gasteiger partial charge on any atom is -0.490 e. The molecule has 48 heavy (non-hydrogen) atoms. The highest BCUT2D eigenvalue weighted by Crippen LogP contribution is 2.36. The lowest BCUT2D eigenvalue weighted by Gasteiger charge is -2.24. The summed E-state index contributed by atoms with van der Waals surface area (Å²) in [4.78, 5) is 32.6. The Morgan fingerprint density at radius 2 is 1.73 bits per heavy atom. The topological polar surface area (TPSA) is 79.1 Å². The van der Waals surface area contributed by atoms with E-state index in [-0.39, 0.29) is 12.2 Å². The highest BCUT2D eigenvalue weighted by Gasteiger charge is 2.33. The Morgan fingerprint density at radius 1 is 0.958 bits per heavy atom. The molecule has 7 nitrogen and oxygen atoms in total. The molecule has 0 N–H and O–H groups in total. The van der Waals surface area contributed by atoms with Crippen LogP contribution < -0.4 is 24.4 Å². The van der Waals surface area contributed by atoms with Crippen molar-refractivity contribution in [3.63, 3.8) is 0 Å². The number of hydrogen-bond donors (Lipinski definition) is 0. The molecule has 1 aliphatic rings. The molecule has 0 unspecified atom stereocenters. The molecule has 6 rings (SSSR count).